The molecule has 1 amide bonds. The second kappa shape index (κ2) is 5.49. The molecule has 1 aliphatic rings. The van der Waals surface area contributed by atoms with E-state index >= 15 is 0 Å². The molecule has 2 rings (SSSR count). The Balaban J connectivity index is 2.04. The molecule has 0 spiro atoms. The van der Waals surface area contributed by atoms with Crippen molar-refractivity contribution in [3.8, 4) is 0 Å². The minimum atomic E-state index is -0.249. The molecule has 1 aliphatic carbocycles. The Labute approximate surface area is 108 Å². The molecule has 0 bridgehead atoms. The smallest absolute Gasteiger partial charge is 0.268 e. The maximum Gasteiger partial charge on any atom is 0.268 e. The highest BCUT2D eigenvalue weighted by atomic mass is 79.9. The molecule has 2 unspecified atom stereocenters. The number of carbonyl (C=O) groups excluding carboxylic acids is 1. The maximum atomic E-state index is 11.9. The number of hydrogen-bond acceptors (Lipinski definition) is 2. The van der Waals surface area contributed by atoms with E-state index in [1.165, 1.54) is 6.07 Å². The first-order valence-electron chi connectivity index (χ1n) is 5.77. The van der Waals surface area contributed by atoms with Crippen LogP contribution < -0.4 is 10.9 Å². The Hall–Kier alpha value is -1.10. The summed E-state index contributed by atoms with van der Waals surface area (Å²) in [4.78, 5) is 25.6. The minimum absolute atomic E-state index is 0.194. The van der Waals surface area contributed by atoms with Gasteiger partial charge in [0, 0.05) is 17.4 Å². The Morgan fingerprint density at radius 2 is 2.29 bits per heavy atom. The molecule has 92 valence electrons. The molecule has 4 nitrogen and oxygen atoms in total. The Morgan fingerprint density at radius 3 is 3.00 bits per heavy atom. The lowest BCUT2D eigenvalue weighted by Gasteiger charge is -2.18. The summed E-state index contributed by atoms with van der Waals surface area (Å²) in [6.07, 6.45) is 3.30. The third-order valence-corrected chi connectivity index (χ3v) is 4.02. The van der Waals surface area contributed by atoms with E-state index in [0.29, 0.717) is 11.6 Å². The number of hydrogen-bond donors (Lipinski definition) is 2. The second-order valence-electron chi connectivity index (χ2n) is 4.35. The molecule has 1 aromatic heterocycles. The van der Waals surface area contributed by atoms with Crippen LogP contribution in [0.4, 0.5) is 0 Å². The van der Waals surface area contributed by atoms with Gasteiger partial charge in [0.2, 0.25) is 5.56 Å². The van der Waals surface area contributed by atoms with E-state index < -0.39 is 0 Å². The van der Waals surface area contributed by atoms with E-state index in [0.717, 1.165) is 24.6 Å². The number of H-pyrrole nitrogens is 1. The van der Waals surface area contributed by atoms with Gasteiger partial charge in [-0.1, -0.05) is 28.4 Å². The quantitative estimate of drug-likeness (QED) is 0.834. The maximum absolute atomic E-state index is 11.9. The lowest BCUT2D eigenvalue weighted by atomic mass is 10.1. The second-order valence-corrected chi connectivity index (χ2v) is 5.00. The van der Waals surface area contributed by atoms with Crippen LogP contribution in [-0.4, -0.2) is 22.3 Å². The van der Waals surface area contributed by atoms with Crippen LogP contribution in [0, 0.1) is 5.92 Å². The van der Waals surface area contributed by atoms with Crippen LogP contribution in [0.3, 0.4) is 0 Å². The highest BCUT2D eigenvalue weighted by Gasteiger charge is 2.27. The molecule has 0 aliphatic heterocycles. The summed E-state index contributed by atoms with van der Waals surface area (Å²) in [5.74, 6) is 0.301. The van der Waals surface area contributed by atoms with Crippen molar-refractivity contribution in [1.29, 1.82) is 0 Å². The zero-order valence-corrected chi connectivity index (χ0v) is 11.0. The van der Waals surface area contributed by atoms with Gasteiger partial charge in [0.25, 0.3) is 5.91 Å². The van der Waals surface area contributed by atoms with Gasteiger partial charge < -0.3 is 10.3 Å². The topological polar surface area (TPSA) is 62.0 Å². The summed E-state index contributed by atoms with van der Waals surface area (Å²) in [6, 6.07) is 4.82. The number of pyridine rings is 1. The molecular weight excluding hydrogens is 284 g/mol. The average Bonchev–Trinajstić information content (AvgIpc) is 2.76. The summed E-state index contributed by atoms with van der Waals surface area (Å²) < 4.78 is 0. The number of rotatable bonds is 3. The third-order valence-electron chi connectivity index (χ3n) is 3.19. The van der Waals surface area contributed by atoms with Crippen LogP contribution in [0.15, 0.2) is 23.0 Å². The average molecular weight is 299 g/mol. The molecule has 2 N–H and O–H groups in total. The predicted molar refractivity (Wildman–Crippen MR) is 69.5 cm³/mol. The van der Waals surface area contributed by atoms with E-state index in [1.807, 2.05) is 0 Å². The molecule has 0 saturated heterocycles. The largest absolute Gasteiger partial charge is 0.348 e. The van der Waals surface area contributed by atoms with Crippen LogP contribution in [0.1, 0.15) is 29.8 Å². The van der Waals surface area contributed by atoms with Gasteiger partial charge in [-0.2, -0.15) is 0 Å². The number of alkyl halides is 1. The van der Waals surface area contributed by atoms with Crippen LogP contribution >= 0.6 is 15.9 Å². The third kappa shape index (κ3) is 2.97. The molecule has 0 aromatic carbocycles. The summed E-state index contributed by atoms with van der Waals surface area (Å²) in [5, 5.41) is 3.89. The number of aromatic nitrogens is 1. The van der Waals surface area contributed by atoms with Gasteiger partial charge in [-0.3, -0.25) is 9.59 Å². The highest BCUT2D eigenvalue weighted by Crippen LogP contribution is 2.27. The number of carbonyl (C=O) groups is 1. The SMILES string of the molecule is O=C(NC1CCCC1CBr)c1cccc(=O)[nH]1. The van der Waals surface area contributed by atoms with E-state index in [4.69, 9.17) is 0 Å². The Bertz CT molecular complexity index is 458. The zero-order chi connectivity index (χ0) is 12.3. The molecule has 1 aromatic rings. The van der Waals surface area contributed by atoms with Gasteiger partial charge in [-0.15, -0.1) is 0 Å². The van der Waals surface area contributed by atoms with Crippen molar-refractivity contribution in [1.82, 2.24) is 10.3 Å². The number of amides is 1. The van der Waals surface area contributed by atoms with Crippen LogP contribution in [0.25, 0.3) is 0 Å². The fourth-order valence-electron chi connectivity index (χ4n) is 2.24. The Kier molecular flexibility index (Phi) is 3.99. The standard InChI is InChI=1S/C12H15BrN2O2/c13-7-8-3-1-4-9(8)15-12(17)10-5-2-6-11(16)14-10/h2,5-6,8-9H,1,3-4,7H2,(H,14,16)(H,15,17). The van der Waals surface area contributed by atoms with E-state index in [9.17, 15) is 9.59 Å². The van der Waals surface area contributed by atoms with Gasteiger partial charge in [0.15, 0.2) is 0 Å². The van der Waals surface area contributed by atoms with Crippen molar-refractivity contribution in [2.75, 3.05) is 5.33 Å². The molecule has 1 saturated carbocycles. The fraction of sp³-hybridized carbons (Fsp3) is 0.500. The summed E-state index contributed by atoms with van der Waals surface area (Å²) in [6.45, 7) is 0. The van der Waals surface area contributed by atoms with Crippen molar-refractivity contribution in [3.63, 3.8) is 0 Å². The number of nitrogens with one attached hydrogen (secondary N) is 2. The summed E-state index contributed by atoms with van der Waals surface area (Å²) in [7, 11) is 0. The molecule has 5 heteroatoms. The van der Waals surface area contributed by atoms with Crippen molar-refractivity contribution < 1.29 is 4.79 Å². The first kappa shape index (κ1) is 12.4. The van der Waals surface area contributed by atoms with Gasteiger partial charge in [0.1, 0.15) is 5.69 Å². The van der Waals surface area contributed by atoms with Crippen molar-refractivity contribution in [2.24, 2.45) is 5.92 Å². The lowest BCUT2D eigenvalue weighted by molar-refractivity contribution is 0.0925. The monoisotopic (exact) mass is 298 g/mol. The van der Waals surface area contributed by atoms with Gasteiger partial charge in [-0.25, -0.2) is 0 Å². The van der Waals surface area contributed by atoms with Gasteiger partial charge in [-0.05, 0) is 24.8 Å². The summed E-state index contributed by atoms with van der Waals surface area (Å²) >= 11 is 3.47. The first-order chi connectivity index (χ1) is 8.20. The number of halogens is 1. The first-order valence-corrected chi connectivity index (χ1v) is 6.89. The molecule has 1 fully saturated rings. The lowest BCUT2D eigenvalue weighted by Crippen LogP contribution is -2.38. The van der Waals surface area contributed by atoms with Crippen molar-refractivity contribution in [3.05, 3.63) is 34.2 Å². The molecule has 0 radical (unpaired) electrons. The van der Waals surface area contributed by atoms with Crippen molar-refractivity contribution >= 4 is 21.8 Å². The van der Waals surface area contributed by atoms with Gasteiger partial charge in [0.05, 0.1) is 0 Å². The zero-order valence-electron chi connectivity index (χ0n) is 9.41. The fourth-order valence-corrected chi connectivity index (χ4v) is 3.01. The van der Waals surface area contributed by atoms with E-state index in [2.05, 4.69) is 26.2 Å². The van der Waals surface area contributed by atoms with Crippen LogP contribution in [0.2, 0.25) is 0 Å². The van der Waals surface area contributed by atoms with Crippen LogP contribution in [-0.2, 0) is 0 Å². The molecule has 2 atom stereocenters. The van der Waals surface area contributed by atoms with Gasteiger partial charge >= 0.3 is 0 Å². The number of aromatic amines is 1. The molecule has 1 heterocycles. The molecule has 17 heavy (non-hydrogen) atoms. The minimum Gasteiger partial charge on any atom is -0.348 e. The highest BCUT2D eigenvalue weighted by molar-refractivity contribution is 9.09. The predicted octanol–water partition coefficient (Wildman–Crippen LogP) is 1.67. The van der Waals surface area contributed by atoms with Crippen molar-refractivity contribution in [2.45, 2.75) is 25.3 Å². The van der Waals surface area contributed by atoms with E-state index in [-0.39, 0.29) is 17.5 Å². The van der Waals surface area contributed by atoms with Crippen LogP contribution in [0.5, 0.6) is 0 Å². The normalized spacial score (nSPS) is 23.6. The molecular formula is C12H15BrN2O2. The van der Waals surface area contributed by atoms with E-state index in [1.54, 1.807) is 12.1 Å². The Morgan fingerprint density at radius 1 is 1.47 bits per heavy atom. The summed E-state index contributed by atoms with van der Waals surface area (Å²) in [5.41, 5.74) is 0.0823.